The first kappa shape index (κ1) is 17.8. The third kappa shape index (κ3) is 3.60. The van der Waals surface area contributed by atoms with Gasteiger partial charge in [0.05, 0.1) is 0 Å². The Hall–Kier alpha value is -3.59. The van der Waals surface area contributed by atoms with Gasteiger partial charge in [0, 0.05) is 29.1 Å². The fourth-order valence-electron chi connectivity index (χ4n) is 2.48. The lowest BCUT2D eigenvalue weighted by Crippen LogP contribution is -2.21. The number of aromatic hydroxyl groups is 1. The summed E-state index contributed by atoms with van der Waals surface area (Å²) < 4.78 is 32.8. The van der Waals surface area contributed by atoms with Crippen molar-refractivity contribution < 1.29 is 23.1 Å². The molecule has 140 valence electrons. The Bertz CT molecular complexity index is 1250. The van der Waals surface area contributed by atoms with E-state index in [0.717, 1.165) is 12.1 Å². The Morgan fingerprint density at radius 1 is 1.18 bits per heavy atom. The van der Waals surface area contributed by atoms with Crippen LogP contribution in [0, 0.1) is 11.6 Å². The van der Waals surface area contributed by atoms with E-state index >= 15 is 0 Å². The van der Waals surface area contributed by atoms with E-state index < -0.39 is 17.5 Å². The molecule has 0 aliphatic carbocycles. The average molecular weight is 399 g/mol. The number of nitrogens with zero attached hydrogens (tertiary/aromatic N) is 2. The van der Waals surface area contributed by atoms with Gasteiger partial charge in [-0.25, -0.2) is 18.8 Å². The lowest BCUT2D eigenvalue weighted by molar-refractivity contribution is 0.102. The number of hydrogen-bond acceptors (Lipinski definition) is 6. The number of aromatic nitrogens is 1. The van der Waals surface area contributed by atoms with Gasteiger partial charge >= 0.3 is 0 Å². The van der Waals surface area contributed by atoms with Gasteiger partial charge in [0.2, 0.25) is 5.55 Å². The lowest BCUT2D eigenvalue weighted by atomic mass is 10.1. The summed E-state index contributed by atoms with van der Waals surface area (Å²) in [5, 5.41) is 14.9. The minimum absolute atomic E-state index is 0.0251. The van der Waals surface area contributed by atoms with E-state index in [1.165, 1.54) is 35.7 Å². The van der Waals surface area contributed by atoms with Crippen LogP contribution in [0.3, 0.4) is 0 Å². The molecule has 6 nitrogen and oxygen atoms in total. The van der Waals surface area contributed by atoms with Gasteiger partial charge in [0.1, 0.15) is 28.4 Å². The summed E-state index contributed by atoms with van der Waals surface area (Å²) in [7, 11) is 0. The first-order valence-corrected chi connectivity index (χ1v) is 8.85. The summed E-state index contributed by atoms with van der Waals surface area (Å²) in [4.78, 5) is 20.7. The van der Waals surface area contributed by atoms with Gasteiger partial charge in [-0.3, -0.25) is 10.1 Å². The zero-order chi connectivity index (χ0) is 19.7. The molecule has 0 saturated carbocycles. The molecule has 2 heterocycles. The van der Waals surface area contributed by atoms with Crippen molar-refractivity contribution in [2.75, 3.05) is 5.32 Å². The molecule has 0 aliphatic rings. The van der Waals surface area contributed by atoms with Crippen molar-refractivity contribution in [1.29, 1.82) is 0 Å². The molecule has 0 saturated heterocycles. The molecule has 0 fully saturated rings. The van der Waals surface area contributed by atoms with E-state index in [1.807, 2.05) is 0 Å². The number of carbonyl (C=O) groups is 1. The normalized spacial score (nSPS) is 11.7. The van der Waals surface area contributed by atoms with Gasteiger partial charge in [-0.15, -0.1) is 11.3 Å². The van der Waals surface area contributed by atoms with Crippen molar-refractivity contribution in [2.45, 2.75) is 0 Å². The first-order chi connectivity index (χ1) is 13.5. The number of hydrogen-bond donors (Lipinski definition) is 2. The van der Waals surface area contributed by atoms with Crippen LogP contribution < -0.4 is 10.9 Å². The van der Waals surface area contributed by atoms with E-state index in [1.54, 1.807) is 11.4 Å². The molecule has 1 amide bonds. The minimum atomic E-state index is -0.905. The molecule has 4 aromatic rings. The van der Waals surface area contributed by atoms with E-state index in [4.69, 9.17) is 4.42 Å². The Kier molecular flexibility index (Phi) is 4.58. The summed E-state index contributed by atoms with van der Waals surface area (Å²) in [5.41, 5.74) is -0.130. The molecule has 0 atom stereocenters. The molecule has 2 N–H and O–H groups in total. The second-order valence-corrected chi connectivity index (χ2v) is 6.58. The predicted octanol–water partition coefficient (Wildman–Crippen LogP) is 4.36. The SMILES string of the molecule is O=C(Nc1nccs1)c1cc2ccc(O)cc2oc1=Nc1ccc(F)cc1F. The molecule has 0 aliphatic heterocycles. The highest BCUT2D eigenvalue weighted by molar-refractivity contribution is 7.13. The molecule has 2 aromatic carbocycles. The Labute approximate surface area is 160 Å². The van der Waals surface area contributed by atoms with Gasteiger partial charge < -0.3 is 9.52 Å². The molecular formula is C19H11F2N3O3S. The van der Waals surface area contributed by atoms with Crippen molar-refractivity contribution in [3.8, 4) is 5.75 Å². The standard InChI is InChI=1S/C19H11F2N3O3S/c20-11-2-4-15(14(21)8-11)23-18-13(17(26)24-19-22-5-6-28-19)7-10-1-3-12(25)9-16(10)27-18/h1-9,25H,(H,22,24,26). The number of phenols is 1. The van der Waals surface area contributed by atoms with Gasteiger partial charge in [-0.05, 0) is 30.3 Å². The zero-order valence-corrected chi connectivity index (χ0v) is 14.8. The summed E-state index contributed by atoms with van der Waals surface area (Å²) in [5.74, 6) is -2.26. The maximum atomic E-state index is 14.0. The van der Waals surface area contributed by atoms with Crippen LogP contribution in [-0.4, -0.2) is 16.0 Å². The number of fused-ring (bicyclic) bond motifs is 1. The summed E-state index contributed by atoms with van der Waals surface area (Å²) in [6.07, 6.45) is 1.53. The largest absolute Gasteiger partial charge is 0.508 e. The number of benzene rings is 2. The number of thiazole rings is 1. The number of anilines is 1. The molecule has 0 radical (unpaired) electrons. The van der Waals surface area contributed by atoms with Crippen LogP contribution in [0.2, 0.25) is 0 Å². The highest BCUT2D eigenvalue weighted by Gasteiger charge is 2.15. The molecular weight excluding hydrogens is 388 g/mol. The molecule has 9 heteroatoms. The Balaban J connectivity index is 1.90. The van der Waals surface area contributed by atoms with Gasteiger partial charge in [-0.2, -0.15) is 0 Å². The number of nitrogens with one attached hydrogen (secondary N) is 1. The highest BCUT2D eigenvalue weighted by Crippen LogP contribution is 2.22. The molecule has 0 unspecified atom stereocenters. The number of carbonyl (C=O) groups excluding carboxylic acids is 1. The number of rotatable bonds is 3. The summed E-state index contributed by atoms with van der Waals surface area (Å²) >= 11 is 1.23. The maximum absolute atomic E-state index is 14.0. The Morgan fingerprint density at radius 3 is 2.79 bits per heavy atom. The van der Waals surface area contributed by atoms with Crippen molar-refractivity contribution in [3.63, 3.8) is 0 Å². The monoisotopic (exact) mass is 399 g/mol. The van der Waals surface area contributed by atoms with Crippen LogP contribution in [0.1, 0.15) is 10.4 Å². The van der Waals surface area contributed by atoms with E-state index in [0.29, 0.717) is 16.6 Å². The fraction of sp³-hybridized carbons (Fsp3) is 0. The maximum Gasteiger partial charge on any atom is 0.262 e. The van der Waals surface area contributed by atoms with Crippen LogP contribution in [0.4, 0.5) is 19.6 Å². The molecule has 2 aromatic heterocycles. The van der Waals surface area contributed by atoms with Crippen molar-refractivity contribution in [2.24, 2.45) is 4.99 Å². The van der Waals surface area contributed by atoms with E-state index in [9.17, 15) is 18.7 Å². The topological polar surface area (TPSA) is 87.7 Å². The quantitative estimate of drug-likeness (QED) is 0.536. The fourth-order valence-corrected chi connectivity index (χ4v) is 3.01. The predicted molar refractivity (Wildman–Crippen MR) is 99.5 cm³/mol. The Morgan fingerprint density at radius 2 is 2.04 bits per heavy atom. The lowest BCUT2D eigenvalue weighted by Gasteiger charge is -2.06. The average Bonchev–Trinajstić information content (AvgIpc) is 3.16. The number of halogens is 2. The van der Waals surface area contributed by atoms with Gasteiger partial charge in [0.15, 0.2) is 10.9 Å². The van der Waals surface area contributed by atoms with Crippen LogP contribution in [0.5, 0.6) is 5.75 Å². The summed E-state index contributed by atoms with van der Waals surface area (Å²) in [6.45, 7) is 0. The number of phenolic OH excluding ortho intramolecular Hbond substituents is 1. The van der Waals surface area contributed by atoms with Gasteiger partial charge in [-0.1, -0.05) is 0 Å². The van der Waals surface area contributed by atoms with Crippen LogP contribution in [0.25, 0.3) is 11.0 Å². The van der Waals surface area contributed by atoms with Crippen molar-refractivity contribution >= 4 is 39.0 Å². The van der Waals surface area contributed by atoms with Crippen LogP contribution in [0.15, 0.2) is 63.5 Å². The smallest absolute Gasteiger partial charge is 0.262 e. The summed E-state index contributed by atoms with van der Waals surface area (Å²) in [6, 6.07) is 8.72. The van der Waals surface area contributed by atoms with Crippen LogP contribution >= 0.6 is 11.3 Å². The highest BCUT2D eigenvalue weighted by atomic mass is 32.1. The van der Waals surface area contributed by atoms with Crippen LogP contribution in [-0.2, 0) is 0 Å². The third-order valence-electron chi connectivity index (χ3n) is 3.76. The first-order valence-electron chi connectivity index (χ1n) is 7.97. The van der Waals surface area contributed by atoms with Gasteiger partial charge in [0.25, 0.3) is 5.91 Å². The molecule has 28 heavy (non-hydrogen) atoms. The van der Waals surface area contributed by atoms with E-state index in [2.05, 4.69) is 15.3 Å². The molecule has 4 rings (SSSR count). The molecule has 0 spiro atoms. The second kappa shape index (κ2) is 7.20. The zero-order valence-electron chi connectivity index (χ0n) is 14.0. The number of amides is 1. The van der Waals surface area contributed by atoms with Crippen molar-refractivity contribution in [1.82, 2.24) is 4.98 Å². The third-order valence-corrected chi connectivity index (χ3v) is 4.45. The molecule has 0 bridgehead atoms. The second-order valence-electron chi connectivity index (χ2n) is 5.69. The van der Waals surface area contributed by atoms with E-state index in [-0.39, 0.29) is 28.1 Å². The van der Waals surface area contributed by atoms with Crippen molar-refractivity contribution in [3.05, 3.63) is 76.8 Å². The minimum Gasteiger partial charge on any atom is -0.508 e.